The Labute approximate surface area is 55.6 Å². The lowest BCUT2D eigenvalue weighted by atomic mass is 9.92. The van der Waals surface area contributed by atoms with E-state index in [4.69, 9.17) is 11.5 Å². The molecule has 52 valence electrons. The molecule has 0 spiro atoms. The molecule has 4 N–H and O–H groups in total. The normalized spacial score (nSPS) is 56.7. The van der Waals surface area contributed by atoms with Crippen molar-refractivity contribution in [1.29, 1.82) is 0 Å². The van der Waals surface area contributed by atoms with Gasteiger partial charge in [-0.25, -0.2) is 0 Å². The van der Waals surface area contributed by atoms with Crippen LogP contribution < -0.4 is 11.5 Å². The van der Waals surface area contributed by atoms with Crippen LogP contribution >= 0.6 is 0 Å². The van der Waals surface area contributed by atoms with Crippen molar-refractivity contribution in [3.63, 3.8) is 0 Å². The molecule has 0 aliphatic heterocycles. The van der Waals surface area contributed by atoms with Crippen molar-refractivity contribution in [1.82, 2.24) is 0 Å². The zero-order valence-electron chi connectivity index (χ0n) is 5.59. The molecule has 2 aliphatic carbocycles. The molecule has 2 rings (SSSR count). The number of hydrogen-bond acceptors (Lipinski definition) is 2. The van der Waals surface area contributed by atoms with Crippen LogP contribution in [0.2, 0.25) is 0 Å². The molecule has 2 aliphatic rings. The minimum Gasteiger partial charge on any atom is -0.326 e. The summed E-state index contributed by atoms with van der Waals surface area (Å²) in [5.41, 5.74) is 11.7. The molecular weight excluding hydrogens is 112 g/mol. The van der Waals surface area contributed by atoms with Crippen molar-refractivity contribution in [3.8, 4) is 0 Å². The van der Waals surface area contributed by atoms with Gasteiger partial charge in [0.2, 0.25) is 0 Å². The topological polar surface area (TPSA) is 52.0 Å². The van der Waals surface area contributed by atoms with Crippen molar-refractivity contribution in [2.75, 3.05) is 0 Å². The Balaban J connectivity index is 2.15. The molecule has 2 heteroatoms. The van der Waals surface area contributed by atoms with Crippen LogP contribution in [-0.2, 0) is 0 Å². The van der Waals surface area contributed by atoms with Crippen LogP contribution in [0.3, 0.4) is 0 Å². The van der Waals surface area contributed by atoms with Gasteiger partial charge >= 0.3 is 0 Å². The number of fused-ring (bicyclic) bond motifs is 2. The number of nitrogens with two attached hydrogens (primary N) is 2. The van der Waals surface area contributed by atoms with Crippen molar-refractivity contribution in [2.45, 2.75) is 31.3 Å². The van der Waals surface area contributed by atoms with Gasteiger partial charge in [-0.1, -0.05) is 0 Å². The molecule has 9 heavy (non-hydrogen) atoms. The summed E-state index contributed by atoms with van der Waals surface area (Å²) in [5.74, 6) is 1.54. The molecule has 0 amide bonds. The fourth-order valence-electron chi connectivity index (χ4n) is 2.38. The van der Waals surface area contributed by atoms with E-state index in [0.717, 1.165) is 11.8 Å². The second kappa shape index (κ2) is 1.70. The van der Waals surface area contributed by atoms with E-state index in [9.17, 15) is 0 Å². The molecule has 4 atom stereocenters. The van der Waals surface area contributed by atoms with E-state index in [2.05, 4.69) is 0 Å². The van der Waals surface area contributed by atoms with Crippen molar-refractivity contribution >= 4 is 0 Å². The van der Waals surface area contributed by atoms with E-state index in [1.54, 1.807) is 0 Å². The first-order valence-electron chi connectivity index (χ1n) is 3.80. The van der Waals surface area contributed by atoms with Crippen LogP contribution in [0.1, 0.15) is 19.3 Å². The number of rotatable bonds is 0. The predicted octanol–water partition coefficient (Wildman–Crippen LogP) is 0.0709. The average molecular weight is 126 g/mol. The second-order valence-electron chi connectivity index (χ2n) is 3.49. The van der Waals surface area contributed by atoms with Crippen LogP contribution in [0.4, 0.5) is 0 Å². The molecule has 2 nitrogen and oxygen atoms in total. The highest BCUT2D eigenvalue weighted by atomic mass is 14.8. The standard InChI is InChI=1S/C7H14N2/c8-6-4-1-2-5(3-4)7(6)9/h4-7H,1-3,8-9H2/t4?,5?,6-,7?/m1/s1. The quantitative estimate of drug-likeness (QED) is 0.482. The SMILES string of the molecule is NC1C2CCC(C2)[C@H]1N. The molecule has 0 saturated heterocycles. The molecule has 0 aromatic rings. The zero-order valence-corrected chi connectivity index (χ0v) is 5.59. The first-order chi connectivity index (χ1) is 4.29. The minimum absolute atomic E-state index is 0.323. The van der Waals surface area contributed by atoms with Gasteiger partial charge in [-0.15, -0.1) is 0 Å². The highest BCUT2D eigenvalue weighted by Crippen LogP contribution is 2.42. The lowest BCUT2D eigenvalue weighted by Crippen LogP contribution is -2.45. The van der Waals surface area contributed by atoms with Crippen molar-refractivity contribution in [3.05, 3.63) is 0 Å². The van der Waals surface area contributed by atoms with Crippen LogP contribution in [0, 0.1) is 11.8 Å². The Hall–Kier alpha value is -0.0800. The maximum Gasteiger partial charge on any atom is 0.0223 e. The first kappa shape index (κ1) is 5.69. The van der Waals surface area contributed by atoms with Crippen LogP contribution in [0.15, 0.2) is 0 Å². The van der Waals surface area contributed by atoms with E-state index < -0.39 is 0 Å². The summed E-state index contributed by atoms with van der Waals surface area (Å²) < 4.78 is 0. The minimum atomic E-state index is 0.323. The molecule has 0 aromatic carbocycles. The van der Waals surface area contributed by atoms with Crippen LogP contribution in [-0.4, -0.2) is 12.1 Å². The predicted molar refractivity (Wildman–Crippen MR) is 36.8 cm³/mol. The summed E-state index contributed by atoms with van der Waals surface area (Å²) in [4.78, 5) is 0. The largest absolute Gasteiger partial charge is 0.326 e. The van der Waals surface area contributed by atoms with Crippen LogP contribution in [0.5, 0.6) is 0 Å². The Morgan fingerprint density at radius 3 is 1.56 bits per heavy atom. The smallest absolute Gasteiger partial charge is 0.0223 e. The van der Waals surface area contributed by atoms with E-state index in [1.807, 2.05) is 0 Å². The van der Waals surface area contributed by atoms with E-state index in [-0.39, 0.29) is 0 Å². The van der Waals surface area contributed by atoms with Gasteiger partial charge in [-0.05, 0) is 31.1 Å². The summed E-state index contributed by atoms with van der Waals surface area (Å²) >= 11 is 0. The van der Waals surface area contributed by atoms with E-state index in [0.29, 0.717) is 12.1 Å². The molecule has 2 bridgehead atoms. The van der Waals surface area contributed by atoms with Crippen molar-refractivity contribution in [2.24, 2.45) is 23.3 Å². The molecule has 2 fully saturated rings. The lowest BCUT2D eigenvalue weighted by molar-refractivity contribution is 0.365. The maximum atomic E-state index is 5.84. The zero-order chi connectivity index (χ0) is 6.43. The third-order valence-electron chi connectivity index (χ3n) is 3.05. The Bertz CT molecular complexity index is 106. The highest BCUT2D eigenvalue weighted by Gasteiger charge is 2.43. The van der Waals surface area contributed by atoms with Gasteiger partial charge < -0.3 is 11.5 Å². The van der Waals surface area contributed by atoms with E-state index >= 15 is 0 Å². The fourth-order valence-corrected chi connectivity index (χ4v) is 2.38. The lowest BCUT2D eigenvalue weighted by Gasteiger charge is -2.23. The summed E-state index contributed by atoms with van der Waals surface area (Å²) in [5, 5.41) is 0. The van der Waals surface area contributed by atoms with Gasteiger partial charge in [0, 0.05) is 12.1 Å². The summed E-state index contributed by atoms with van der Waals surface area (Å²) in [6, 6.07) is 0.646. The third kappa shape index (κ3) is 0.634. The molecule has 0 heterocycles. The Morgan fingerprint density at radius 2 is 1.33 bits per heavy atom. The highest BCUT2D eigenvalue weighted by molar-refractivity contribution is 5.01. The average Bonchev–Trinajstić information content (AvgIpc) is 2.37. The molecule has 0 aromatic heterocycles. The van der Waals surface area contributed by atoms with Gasteiger partial charge in [0.15, 0.2) is 0 Å². The van der Waals surface area contributed by atoms with Crippen molar-refractivity contribution < 1.29 is 0 Å². The monoisotopic (exact) mass is 126 g/mol. The Kier molecular flexibility index (Phi) is 1.08. The van der Waals surface area contributed by atoms with Gasteiger partial charge in [0.05, 0.1) is 0 Å². The second-order valence-corrected chi connectivity index (χ2v) is 3.49. The Morgan fingerprint density at radius 1 is 0.889 bits per heavy atom. The van der Waals surface area contributed by atoms with Gasteiger partial charge in [-0.2, -0.15) is 0 Å². The molecule has 3 unspecified atom stereocenters. The molecule has 0 radical (unpaired) electrons. The summed E-state index contributed by atoms with van der Waals surface area (Å²) in [6.45, 7) is 0. The molecule has 2 saturated carbocycles. The third-order valence-corrected chi connectivity index (χ3v) is 3.05. The molecular formula is C7H14N2. The summed E-state index contributed by atoms with van der Waals surface area (Å²) in [7, 11) is 0. The van der Waals surface area contributed by atoms with E-state index in [1.165, 1.54) is 19.3 Å². The summed E-state index contributed by atoms with van der Waals surface area (Å²) in [6.07, 6.45) is 3.97. The number of hydrogen-bond donors (Lipinski definition) is 2. The van der Waals surface area contributed by atoms with Crippen LogP contribution in [0.25, 0.3) is 0 Å². The van der Waals surface area contributed by atoms with Gasteiger partial charge in [0.25, 0.3) is 0 Å². The van der Waals surface area contributed by atoms with Gasteiger partial charge in [0.1, 0.15) is 0 Å². The fraction of sp³-hybridized carbons (Fsp3) is 1.00. The first-order valence-corrected chi connectivity index (χ1v) is 3.80. The maximum absolute atomic E-state index is 5.84. The van der Waals surface area contributed by atoms with Gasteiger partial charge in [-0.3, -0.25) is 0 Å².